The lowest BCUT2D eigenvalue weighted by atomic mass is 10.2. The van der Waals surface area contributed by atoms with Crippen molar-refractivity contribution >= 4 is 0 Å². The third-order valence-electron chi connectivity index (χ3n) is 1.97. The summed E-state index contributed by atoms with van der Waals surface area (Å²) in [5.41, 5.74) is 0. The average Bonchev–Trinajstić information content (AvgIpc) is 2.03. The second kappa shape index (κ2) is 2.95. The molecule has 1 rings (SSSR count). The highest BCUT2D eigenvalue weighted by molar-refractivity contribution is 5.12. The van der Waals surface area contributed by atoms with E-state index in [0.29, 0.717) is 0 Å². The van der Waals surface area contributed by atoms with Crippen LogP contribution in [0.5, 0.6) is 0 Å². The molecule has 1 fully saturated rings. The van der Waals surface area contributed by atoms with E-state index in [9.17, 15) is 48.3 Å². The Morgan fingerprint density at radius 3 is 0.941 bits per heavy atom. The number of likely N-dealkylation sites (tertiary alicyclic amines) is 1. The molecular weight excluding hydrogens is 283 g/mol. The smallest absolute Gasteiger partial charge is 0.191 e. The van der Waals surface area contributed by atoms with Crippen LogP contribution in [0.1, 0.15) is 0 Å². The lowest BCUT2D eigenvalue weighted by Gasteiger charge is -2.29. The first-order chi connectivity index (χ1) is 7.12. The van der Waals surface area contributed by atoms with Crippen LogP contribution in [0.2, 0.25) is 0 Å². The first kappa shape index (κ1) is 14.3. The highest BCUT2D eigenvalue weighted by Gasteiger charge is 2.96. The standard InChI is InChI=1S/C5F11N/c6-1(7)2(8,9)4(12,13)17(3(1,10)11)5(14,15)16. The van der Waals surface area contributed by atoms with Crippen LogP contribution < -0.4 is 0 Å². The van der Waals surface area contributed by atoms with Crippen LogP contribution in [0.3, 0.4) is 0 Å². The van der Waals surface area contributed by atoms with E-state index in [0.717, 1.165) is 0 Å². The summed E-state index contributed by atoms with van der Waals surface area (Å²) in [4.78, 5) is -3.44. The van der Waals surface area contributed by atoms with Crippen LogP contribution in [0.15, 0.2) is 0 Å². The lowest BCUT2D eigenvalue weighted by molar-refractivity contribution is -0.402. The highest BCUT2D eigenvalue weighted by atomic mass is 19.4. The topological polar surface area (TPSA) is 3.24 Å². The Bertz CT molecular complexity index is 301. The summed E-state index contributed by atoms with van der Waals surface area (Å²) in [6, 6.07) is -13.5. The van der Waals surface area contributed by atoms with Crippen molar-refractivity contribution in [2.75, 3.05) is 0 Å². The van der Waals surface area contributed by atoms with Gasteiger partial charge in [0.25, 0.3) is 0 Å². The van der Waals surface area contributed by atoms with Crippen molar-refractivity contribution in [2.45, 2.75) is 30.2 Å². The van der Waals surface area contributed by atoms with Gasteiger partial charge in [0.05, 0.1) is 0 Å². The van der Waals surface area contributed by atoms with Gasteiger partial charge in [-0.2, -0.15) is 48.3 Å². The molecular formula is C5F11N. The van der Waals surface area contributed by atoms with Gasteiger partial charge in [0.2, 0.25) is 0 Å². The molecule has 1 aliphatic heterocycles. The molecule has 0 atom stereocenters. The summed E-state index contributed by atoms with van der Waals surface area (Å²) in [5.74, 6) is -13.7. The van der Waals surface area contributed by atoms with Crippen LogP contribution in [-0.2, 0) is 0 Å². The average molecular weight is 283 g/mol. The zero-order chi connectivity index (χ0) is 14.1. The highest BCUT2D eigenvalue weighted by Crippen LogP contribution is 2.65. The largest absolute Gasteiger partial charge is 0.469 e. The summed E-state index contributed by atoms with van der Waals surface area (Å²) in [5, 5.41) is 0. The number of halogens is 11. The van der Waals surface area contributed by atoms with E-state index in [1.54, 1.807) is 0 Å². The minimum Gasteiger partial charge on any atom is -0.191 e. The van der Waals surface area contributed by atoms with Crippen LogP contribution in [0.25, 0.3) is 0 Å². The van der Waals surface area contributed by atoms with Gasteiger partial charge in [-0.3, -0.25) is 0 Å². The number of hydrogen-bond donors (Lipinski definition) is 0. The molecule has 0 spiro atoms. The number of alkyl halides is 11. The molecule has 102 valence electrons. The number of nitrogens with zero attached hydrogens (tertiary/aromatic N) is 1. The Kier molecular flexibility index (Phi) is 2.47. The minimum absolute atomic E-state index is 3.44. The van der Waals surface area contributed by atoms with Crippen molar-refractivity contribution in [3.05, 3.63) is 0 Å². The third-order valence-corrected chi connectivity index (χ3v) is 1.97. The van der Waals surface area contributed by atoms with Crippen molar-refractivity contribution in [1.29, 1.82) is 0 Å². The van der Waals surface area contributed by atoms with Gasteiger partial charge in [-0.1, -0.05) is 4.90 Å². The van der Waals surface area contributed by atoms with Gasteiger partial charge in [0, 0.05) is 0 Å². The van der Waals surface area contributed by atoms with Gasteiger partial charge in [-0.05, 0) is 0 Å². The molecule has 1 saturated heterocycles. The summed E-state index contributed by atoms with van der Waals surface area (Å²) < 4.78 is 134. The van der Waals surface area contributed by atoms with Crippen molar-refractivity contribution in [1.82, 2.24) is 4.90 Å². The third kappa shape index (κ3) is 1.35. The SMILES string of the molecule is FC(F)(F)N1C(F)(F)C(F)(F)C(F)(F)C1(F)F. The van der Waals surface area contributed by atoms with Crippen LogP contribution in [0, 0.1) is 0 Å². The summed E-state index contributed by atoms with van der Waals surface area (Å²) in [7, 11) is 0. The van der Waals surface area contributed by atoms with Gasteiger partial charge >= 0.3 is 30.2 Å². The lowest BCUT2D eigenvalue weighted by Crippen LogP contribution is -2.57. The number of hydrogen-bond acceptors (Lipinski definition) is 1. The maximum Gasteiger partial charge on any atom is 0.469 e. The Morgan fingerprint density at radius 1 is 0.588 bits per heavy atom. The fraction of sp³-hybridized carbons (Fsp3) is 1.00. The Labute approximate surface area is 84.8 Å². The maximum absolute atomic E-state index is 12.4. The molecule has 0 aromatic carbocycles. The second-order valence-corrected chi connectivity index (χ2v) is 3.03. The zero-order valence-corrected chi connectivity index (χ0v) is 7.10. The molecule has 0 unspecified atom stereocenters. The predicted octanol–water partition coefficient (Wildman–Crippen LogP) is 3.28. The van der Waals surface area contributed by atoms with Crippen molar-refractivity contribution in [3.63, 3.8) is 0 Å². The number of rotatable bonds is 0. The van der Waals surface area contributed by atoms with Crippen LogP contribution >= 0.6 is 0 Å². The summed E-state index contributed by atoms with van der Waals surface area (Å²) in [6.45, 7) is 0. The second-order valence-electron chi connectivity index (χ2n) is 3.03. The van der Waals surface area contributed by atoms with E-state index in [1.165, 1.54) is 0 Å². The van der Waals surface area contributed by atoms with E-state index in [4.69, 9.17) is 0 Å². The monoisotopic (exact) mass is 283 g/mol. The Hall–Kier alpha value is -0.810. The molecule has 17 heavy (non-hydrogen) atoms. The molecule has 0 bridgehead atoms. The van der Waals surface area contributed by atoms with E-state index < -0.39 is 35.1 Å². The summed E-state index contributed by atoms with van der Waals surface area (Å²) in [6.07, 6.45) is -6.77. The molecule has 0 aromatic rings. The van der Waals surface area contributed by atoms with Gasteiger partial charge in [-0.25, -0.2) is 0 Å². The Balaban J connectivity index is 3.54. The zero-order valence-electron chi connectivity index (χ0n) is 7.10. The molecule has 0 aliphatic carbocycles. The normalized spacial score (nSPS) is 30.5. The molecule has 0 amide bonds. The van der Waals surface area contributed by atoms with Crippen molar-refractivity contribution in [2.24, 2.45) is 0 Å². The molecule has 12 heteroatoms. The predicted molar refractivity (Wildman–Crippen MR) is 27.7 cm³/mol. The van der Waals surface area contributed by atoms with Crippen LogP contribution in [-0.4, -0.2) is 35.1 Å². The van der Waals surface area contributed by atoms with E-state index in [1.807, 2.05) is 0 Å². The first-order valence-corrected chi connectivity index (χ1v) is 3.50. The molecule has 1 heterocycles. The van der Waals surface area contributed by atoms with E-state index >= 15 is 0 Å². The molecule has 0 saturated carbocycles. The van der Waals surface area contributed by atoms with Gasteiger partial charge < -0.3 is 0 Å². The van der Waals surface area contributed by atoms with E-state index in [-0.39, 0.29) is 0 Å². The van der Waals surface area contributed by atoms with E-state index in [2.05, 4.69) is 0 Å². The molecule has 1 nitrogen and oxygen atoms in total. The first-order valence-electron chi connectivity index (χ1n) is 3.50. The van der Waals surface area contributed by atoms with Gasteiger partial charge in [0.15, 0.2) is 0 Å². The van der Waals surface area contributed by atoms with Crippen molar-refractivity contribution in [3.8, 4) is 0 Å². The minimum atomic E-state index is -6.86. The molecule has 1 aliphatic rings. The van der Waals surface area contributed by atoms with Gasteiger partial charge in [-0.15, -0.1) is 0 Å². The quantitative estimate of drug-likeness (QED) is 0.487. The summed E-state index contributed by atoms with van der Waals surface area (Å²) >= 11 is 0. The molecule has 0 N–H and O–H groups in total. The van der Waals surface area contributed by atoms with Gasteiger partial charge in [0.1, 0.15) is 0 Å². The molecule has 0 radical (unpaired) electrons. The molecule has 0 aromatic heterocycles. The fourth-order valence-electron chi connectivity index (χ4n) is 1.15. The fourth-order valence-corrected chi connectivity index (χ4v) is 1.15. The van der Waals surface area contributed by atoms with Crippen molar-refractivity contribution < 1.29 is 48.3 Å². The maximum atomic E-state index is 12.4. The Morgan fingerprint density at radius 2 is 0.824 bits per heavy atom. The van der Waals surface area contributed by atoms with Crippen LogP contribution in [0.4, 0.5) is 48.3 Å².